The third-order valence-corrected chi connectivity index (χ3v) is 6.30. The van der Waals surface area contributed by atoms with Crippen molar-refractivity contribution < 1.29 is 14.2 Å². The van der Waals surface area contributed by atoms with Crippen molar-refractivity contribution in [3.8, 4) is 28.5 Å². The van der Waals surface area contributed by atoms with Crippen LogP contribution in [-0.4, -0.2) is 45.4 Å². The van der Waals surface area contributed by atoms with E-state index in [2.05, 4.69) is 39.5 Å². The molecule has 1 fully saturated rings. The Bertz CT molecular complexity index is 1040. The average Bonchev–Trinajstić information content (AvgIpc) is 2.87. The molecule has 0 radical (unpaired) electrons. The molecule has 2 aromatic carbocycles. The number of hydrogen-bond donors (Lipinski definition) is 1. The monoisotopic (exact) mass is 467 g/mol. The van der Waals surface area contributed by atoms with Crippen molar-refractivity contribution >= 4 is 17.3 Å². The number of anilines is 1. The highest BCUT2D eigenvalue weighted by atomic mass is 35.5. The molecule has 0 bridgehead atoms. The zero-order chi connectivity index (χ0) is 23.2. The minimum atomic E-state index is 0.463. The quantitative estimate of drug-likeness (QED) is 0.492. The minimum Gasteiger partial charge on any atom is -0.493 e. The van der Waals surface area contributed by atoms with Crippen LogP contribution in [0.2, 0.25) is 5.02 Å². The normalized spacial score (nSPS) is 14.1. The van der Waals surface area contributed by atoms with E-state index in [0.717, 1.165) is 48.8 Å². The second-order valence-electron chi connectivity index (χ2n) is 8.05. The highest BCUT2D eigenvalue weighted by Crippen LogP contribution is 2.41. The number of nitrogens with zero attached hydrogens (tertiary/aromatic N) is 2. The molecule has 0 atom stereocenters. The Morgan fingerprint density at radius 3 is 2.21 bits per heavy atom. The molecule has 0 spiro atoms. The summed E-state index contributed by atoms with van der Waals surface area (Å²) in [6, 6.07) is 16.6. The van der Waals surface area contributed by atoms with Crippen LogP contribution in [0.15, 0.2) is 54.7 Å². The Hall–Kier alpha value is -2.96. The molecule has 1 N–H and O–H groups in total. The third-order valence-electron chi connectivity index (χ3n) is 6.05. The SMILES string of the molecule is COc1cc(-c2cc(CN(c3ccc(Cl)cc3)C3CCNCC3)ccn2)cc(OC)c1OC. The lowest BCUT2D eigenvalue weighted by molar-refractivity contribution is 0.324. The molecule has 4 rings (SSSR count). The summed E-state index contributed by atoms with van der Waals surface area (Å²) in [6.45, 7) is 2.84. The van der Waals surface area contributed by atoms with E-state index < -0.39 is 0 Å². The van der Waals surface area contributed by atoms with Crippen molar-refractivity contribution in [1.29, 1.82) is 0 Å². The number of hydrogen-bond acceptors (Lipinski definition) is 6. The standard InChI is InChI=1S/C26H30ClN3O3/c1-31-24-15-19(16-25(32-2)26(24)33-3)23-14-18(8-13-29-23)17-30(22-9-11-28-12-10-22)21-6-4-20(27)5-7-21/h4-8,13-16,22,28H,9-12,17H2,1-3H3. The van der Waals surface area contributed by atoms with E-state index in [0.29, 0.717) is 23.3 Å². The molecular formula is C26H30ClN3O3. The number of pyridine rings is 1. The summed E-state index contributed by atoms with van der Waals surface area (Å²) in [6.07, 6.45) is 4.07. The first-order chi connectivity index (χ1) is 16.1. The number of ether oxygens (including phenoxy) is 3. The van der Waals surface area contributed by atoms with E-state index in [4.69, 9.17) is 25.8 Å². The number of benzene rings is 2. The summed E-state index contributed by atoms with van der Waals surface area (Å²) in [5.41, 5.74) is 4.12. The lowest BCUT2D eigenvalue weighted by atomic mass is 10.0. The Morgan fingerprint density at radius 2 is 1.61 bits per heavy atom. The summed E-state index contributed by atoms with van der Waals surface area (Å²) in [4.78, 5) is 7.10. The molecule has 0 aliphatic carbocycles. The van der Waals surface area contributed by atoms with Gasteiger partial charge in [0.25, 0.3) is 0 Å². The van der Waals surface area contributed by atoms with E-state index >= 15 is 0 Å². The van der Waals surface area contributed by atoms with Gasteiger partial charge in [0.15, 0.2) is 11.5 Å². The Kier molecular flexibility index (Phi) is 7.57. The summed E-state index contributed by atoms with van der Waals surface area (Å²) in [5.74, 6) is 1.79. The second-order valence-corrected chi connectivity index (χ2v) is 8.49. The number of methoxy groups -OCH3 is 3. The summed E-state index contributed by atoms with van der Waals surface area (Å²) >= 11 is 6.16. The van der Waals surface area contributed by atoms with E-state index in [1.54, 1.807) is 21.3 Å². The van der Waals surface area contributed by atoms with Gasteiger partial charge >= 0.3 is 0 Å². The van der Waals surface area contributed by atoms with Crippen LogP contribution in [0.5, 0.6) is 17.2 Å². The van der Waals surface area contributed by atoms with Crippen molar-refractivity contribution in [2.24, 2.45) is 0 Å². The zero-order valence-electron chi connectivity index (χ0n) is 19.3. The largest absolute Gasteiger partial charge is 0.493 e. The van der Waals surface area contributed by atoms with Crippen LogP contribution < -0.4 is 24.4 Å². The summed E-state index contributed by atoms with van der Waals surface area (Å²) < 4.78 is 16.5. The molecule has 0 saturated carbocycles. The van der Waals surface area contributed by atoms with Gasteiger partial charge in [0, 0.05) is 35.1 Å². The highest BCUT2D eigenvalue weighted by molar-refractivity contribution is 6.30. The maximum Gasteiger partial charge on any atom is 0.203 e. The van der Waals surface area contributed by atoms with Gasteiger partial charge in [-0.05, 0) is 80.0 Å². The molecule has 3 aromatic rings. The number of piperidine rings is 1. The van der Waals surface area contributed by atoms with Crippen LogP contribution in [0.4, 0.5) is 5.69 Å². The molecule has 1 aromatic heterocycles. The first kappa shape index (κ1) is 23.2. The Balaban J connectivity index is 1.66. The van der Waals surface area contributed by atoms with E-state index in [1.165, 1.54) is 11.3 Å². The smallest absolute Gasteiger partial charge is 0.203 e. The van der Waals surface area contributed by atoms with Gasteiger partial charge in [-0.25, -0.2) is 0 Å². The first-order valence-electron chi connectivity index (χ1n) is 11.1. The van der Waals surface area contributed by atoms with Gasteiger partial charge in [-0.15, -0.1) is 0 Å². The van der Waals surface area contributed by atoms with Crippen LogP contribution in [0.3, 0.4) is 0 Å². The zero-order valence-corrected chi connectivity index (χ0v) is 20.1. The molecule has 2 heterocycles. The van der Waals surface area contributed by atoms with Crippen molar-refractivity contribution in [2.45, 2.75) is 25.4 Å². The molecule has 174 valence electrons. The molecule has 1 saturated heterocycles. The fraction of sp³-hybridized carbons (Fsp3) is 0.346. The Labute approximate surface area is 200 Å². The van der Waals surface area contributed by atoms with Crippen LogP contribution in [0, 0.1) is 0 Å². The van der Waals surface area contributed by atoms with Gasteiger partial charge in [0.2, 0.25) is 5.75 Å². The lowest BCUT2D eigenvalue weighted by Gasteiger charge is -2.36. The fourth-order valence-corrected chi connectivity index (χ4v) is 4.46. The maximum absolute atomic E-state index is 6.16. The van der Waals surface area contributed by atoms with Gasteiger partial charge in [-0.1, -0.05) is 11.6 Å². The van der Waals surface area contributed by atoms with Gasteiger partial charge in [-0.2, -0.15) is 0 Å². The van der Waals surface area contributed by atoms with E-state index in [1.807, 2.05) is 30.5 Å². The molecule has 7 heteroatoms. The molecule has 1 aliphatic rings. The highest BCUT2D eigenvalue weighted by Gasteiger charge is 2.22. The summed E-state index contributed by atoms with van der Waals surface area (Å²) in [5, 5.41) is 4.21. The maximum atomic E-state index is 6.16. The molecule has 6 nitrogen and oxygen atoms in total. The van der Waals surface area contributed by atoms with Crippen LogP contribution >= 0.6 is 11.6 Å². The van der Waals surface area contributed by atoms with Gasteiger partial charge in [-0.3, -0.25) is 4.98 Å². The molecular weight excluding hydrogens is 438 g/mol. The van der Waals surface area contributed by atoms with Gasteiger partial charge in [0.05, 0.1) is 27.0 Å². The summed E-state index contributed by atoms with van der Waals surface area (Å²) in [7, 11) is 4.84. The predicted molar refractivity (Wildman–Crippen MR) is 133 cm³/mol. The van der Waals surface area contributed by atoms with E-state index in [-0.39, 0.29) is 0 Å². The van der Waals surface area contributed by atoms with Crippen LogP contribution in [-0.2, 0) is 6.54 Å². The van der Waals surface area contributed by atoms with Crippen molar-refractivity contribution in [3.63, 3.8) is 0 Å². The molecule has 0 amide bonds. The fourth-order valence-electron chi connectivity index (χ4n) is 4.34. The Morgan fingerprint density at radius 1 is 0.939 bits per heavy atom. The number of halogens is 1. The molecule has 1 aliphatic heterocycles. The number of rotatable bonds is 8. The van der Waals surface area contributed by atoms with Gasteiger partial charge < -0.3 is 24.4 Å². The minimum absolute atomic E-state index is 0.463. The lowest BCUT2D eigenvalue weighted by Crippen LogP contribution is -2.43. The average molecular weight is 468 g/mol. The predicted octanol–water partition coefficient (Wildman–Crippen LogP) is 5.19. The molecule has 0 unspecified atom stereocenters. The number of nitrogens with one attached hydrogen (secondary N) is 1. The van der Waals surface area contributed by atoms with Crippen molar-refractivity contribution in [2.75, 3.05) is 39.3 Å². The van der Waals surface area contributed by atoms with Crippen LogP contribution in [0.25, 0.3) is 11.3 Å². The van der Waals surface area contributed by atoms with Crippen molar-refractivity contribution in [1.82, 2.24) is 10.3 Å². The number of aromatic nitrogens is 1. The topological polar surface area (TPSA) is 55.9 Å². The first-order valence-corrected chi connectivity index (χ1v) is 11.5. The van der Waals surface area contributed by atoms with E-state index in [9.17, 15) is 0 Å². The van der Waals surface area contributed by atoms with Crippen LogP contribution in [0.1, 0.15) is 18.4 Å². The molecule has 33 heavy (non-hydrogen) atoms. The third kappa shape index (κ3) is 5.34. The second kappa shape index (κ2) is 10.8. The van der Waals surface area contributed by atoms with Crippen molar-refractivity contribution in [3.05, 3.63) is 65.3 Å². The van der Waals surface area contributed by atoms with Gasteiger partial charge in [0.1, 0.15) is 0 Å².